The molecule has 0 saturated heterocycles. The normalized spacial score (nSPS) is 16.6. The number of ether oxygens (including phenoxy) is 2. The van der Waals surface area contributed by atoms with Crippen molar-refractivity contribution in [1.29, 1.82) is 0 Å². The van der Waals surface area contributed by atoms with Crippen LogP contribution < -0.4 is 9.47 Å². The van der Waals surface area contributed by atoms with Crippen LogP contribution in [0.25, 0.3) is 0 Å². The quantitative estimate of drug-likeness (QED) is 0.907. The topological polar surface area (TPSA) is 38.7 Å². The van der Waals surface area contributed by atoms with Gasteiger partial charge < -0.3 is 14.6 Å². The van der Waals surface area contributed by atoms with Gasteiger partial charge in [0.1, 0.15) is 24.2 Å². The maximum atomic E-state index is 8.87. The smallest absolute Gasteiger partial charge is 0.137 e. The van der Waals surface area contributed by atoms with Crippen molar-refractivity contribution < 1.29 is 14.6 Å². The lowest BCUT2D eigenvalue weighted by Gasteiger charge is -2.12. The Morgan fingerprint density at radius 2 is 1.90 bits per heavy atom. The minimum atomic E-state index is 0.0875. The average molecular weight is 270 g/mol. The monoisotopic (exact) mass is 270 g/mol. The summed E-state index contributed by atoms with van der Waals surface area (Å²) in [5.41, 5.74) is 2.36. The van der Waals surface area contributed by atoms with E-state index in [9.17, 15) is 0 Å². The molecule has 1 aliphatic rings. The van der Waals surface area contributed by atoms with Crippen LogP contribution in [0.3, 0.4) is 0 Å². The van der Waals surface area contributed by atoms with E-state index in [0.717, 1.165) is 23.5 Å². The average Bonchev–Trinajstić information content (AvgIpc) is 2.90. The van der Waals surface area contributed by atoms with Crippen LogP contribution in [0.1, 0.15) is 11.1 Å². The first-order chi connectivity index (χ1) is 9.85. The van der Waals surface area contributed by atoms with Crippen molar-refractivity contribution in [2.75, 3.05) is 13.2 Å². The molecular weight excluding hydrogens is 252 g/mol. The number of rotatable bonds is 5. The highest BCUT2D eigenvalue weighted by Crippen LogP contribution is 2.28. The Morgan fingerprint density at radius 1 is 1.10 bits per heavy atom. The molecule has 3 rings (SSSR count). The summed E-state index contributed by atoms with van der Waals surface area (Å²) in [5, 5.41) is 8.87. The molecule has 0 aromatic heterocycles. The first kappa shape index (κ1) is 13.0. The van der Waals surface area contributed by atoms with Crippen molar-refractivity contribution in [1.82, 2.24) is 0 Å². The van der Waals surface area contributed by atoms with E-state index in [-0.39, 0.29) is 12.7 Å². The fraction of sp³-hybridized carbons (Fsp3) is 0.294. The fourth-order valence-electron chi connectivity index (χ4n) is 2.42. The third-order valence-electron chi connectivity index (χ3n) is 3.47. The van der Waals surface area contributed by atoms with E-state index in [0.29, 0.717) is 13.0 Å². The number of hydrogen-bond acceptors (Lipinski definition) is 3. The molecular formula is C17H18O3. The van der Waals surface area contributed by atoms with E-state index >= 15 is 0 Å². The second kappa shape index (κ2) is 5.97. The van der Waals surface area contributed by atoms with Crippen molar-refractivity contribution in [3.8, 4) is 11.5 Å². The van der Waals surface area contributed by atoms with Gasteiger partial charge >= 0.3 is 0 Å². The molecule has 3 nitrogen and oxygen atoms in total. The van der Waals surface area contributed by atoms with Gasteiger partial charge in [-0.3, -0.25) is 0 Å². The van der Waals surface area contributed by atoms with E-state index < -0.39 is 0 Å². The lowest BCUT2D eigenvalue weighted by molar-refractivity contribution is 0.148. The molecule has 0 radical (unpaired) electrons. The van der Waals surface area contributed by atoms with E-state index in [2.05, 4.69) is 6.07 Å². The molecule has 0 fully saturated rings. The highest BCUT2D eigenvalue weighted by atomic mass is 16.5. The highest BCUT2D eigenvalue weighted by Gasteiger charge is 2.22. The summed E-state index contributed by atoms with van der Waals surface area (Å²) < 4.78 is 11.6. The molecule has 1 N–H and O–H groups in total. The van der Waals surface area contributed by atoms with Gasteiger partial charge in [0.15, 0.2) is 0 Å². The van der Waals surface area contributed by atoms with Gasteiger partial charge in [-0.05, 0) is 35.7 Å². The lowest BCUT2D eigenvalue weighted by Crippen LogP contribution is -2.22. The summed E-state index contributed by atoms with van der Waals surface area (Å²) in [4.78, 5) is 0. The van der Waals surface area contributed by atoms with Gasteiger partial charge in [0.05, 0.1) is 0 Å². The molecule has 0 bridgehead atoms. The Hall–Kier alpha value is -2.00. The van der Waals surface area contributed by atoms with Crippen LogP contribution in [-0.2, 0) is 12.8 Å². The second-order valence-electron chi connectivity index (χ2n) is 4.98. The zero-order valence-electron chi connectivity index (χ0n) is 11.3. The number of benzene rings is 2. The largest absolute Gasteiger partial charge is 0.490 e. The summed E-state index contributed by atoms with van der Waals surface area (Å²) in [7, 11) is 0. The van der Waals surface area contributed by atoms with E-state index in [1.165, 1.54) is 5.56 Å². The first-order valence-electron chi connectivity index (χ1n) is 6.92. The maximum absolute atomic E-state index is 8.87. The van der Waals surface area contributed by atoms with Gasteiger partial charge in [-0.15, -0.1) is 0 Å². The number of aliphatic hydroxyl groups excluding tert-OH is 1. The van der Waals surface area contributed by atoms with Crippen LogP contribution in [-0.4, -0.2) is 24.4 Å². The predicted molar refractivity (Wildman–Crippen MR) is 77.3 cm³/mol. The van der Waals surface area contributed by atoms with Crippen LogP contribution in [0.15, 0.2) is 48.5 Å². The molecule has 0 aliphatic carbocycles. The van der Waals surface area contributed by atoms with Gasteiger partial charge in [-0.25, -0.2) is 0 Å². The SMILES string of the molecule is OCCc1ccc(OCC2Cc3ccccc3O2)cc1. The van der Waals surface area contributed by atoms with E-state index in [4.69, 9.17) is 14.6 Å². The molecule has 1 heterocycles. The van der Waals surface area contributed by atoms with Crippen LogP contribution in [0, 0.1) is 0 Å². The van der Waals surface area contributed by atoms with E-state index in [1.54, 1.807) is 0 Å². The summed E-state index contributed by atoms with van der Waals surface area (Å²) in [5.74, 6) is 1.81. The second-order valence-corrected chi connectivity index (χ2v) is 4.98. The van der Waals surface area contributed by atoms with E-state index in [1.807, 2.05) is 42.5 Å². The Kier molecular flexibility index (Phi) is 3.88. The Morgan fingerprint density at radius 3 is 2.65 bits per heavy atom. The molecule has 0 spiro atoms. The Labute approximate surface area is 118 Å². The maximum Gasteiger partial charge on any atom is 0.137 e. The first-order valence-corrected chi connectivity index (χ1v) is 6.92. The molecule has 1 atom stereocenters. The molecule has 2 aromatic carbocycles. The number of hydrogen-bond donors (Lipinski definition) is 1. The van der Waals surface area contributed by atoms with Crippen LogP contribution in [0.4, 0.5) is 0 Å². The van der Waals surface area contributed by atoms with Gasteiger partial charge in [0.2, 0.25) is 0 Å². The molecule has 1 aliphatic heterocycles. The minimum absolute atomic E-state index is 0.0875. The Balaban J connectivity index is 1.53. The van der Waals surface area contributed by atoms with Gasteiger partial charge in [-0.2, -0.15) is 0 Å². The number of aliphatic hydroxyl groups is 1. The van der Waals surface area contributed by atoms with Gasteiger partial charge in [0, 0.05) is 13.0 Å². The molecule has 1 unspecified atom stereocenters. The number of para-hydroxylation sites is 1. The zero-order chi connectivity index (χ0) is 13.8. The lowest BCUT2D eigenvalue weighted by atomic mass is 10.1. The van der Waals surface area contributed by atoms with Crippen LogP contribution >= 0.6 is 0 Å². The van der Waals surface area contributed by atoms with Crippen molar-refractivity contribution in [2.24, 2.45) is 0 Å². The standard InChI is InChI=1S/C17H18O3/c18-10-9-13-5-7-15(8-6-13)19-12-16-11-14-3-1-2-4-17(14)20-16/h1-8,16,18H,9-12H2. The summed E-state index contributed by atoms with van der Waals surface area (Å²) in [6.45, 7) is 0.725. The molecule has 3 heteroatoms. The third-order valence-corrected chi connectivity index (χ3v) is 3.47. The number of fused-ring (bicyclic) bond motifs is 1. The molecule has 20 heavy (non-hydrogen) atoms. The van der Waals surface area contributed by atoms with Crippen molar-refractivity contribution >= 4 is 0 Å². The zero-order valence-corrected chi connectivity index (χ0v) is 11.3. The van der Waals surface area contributed by atoms with Crippen molar-refractivity contribution in [3.05, 3.63) is 59.7 Å². The third kappa shape index (κ3) is 2.94. The fourth-order valence-corrected chi connectivity index (χ4v) is 2.42. The highest BCUT2D eigenvalue weighted by molar-refractivity contribution is 5.37. The van der Waals surface area contributed by atoms with Crippen molar-refractivity contribution in [2.45, 2.75) is 18.9 Å². The predicted octanol–water partition coefficient (Wildman–Crippen LogP) is 2.60. The van der Waals surface area contributed by atoms with Gasteiger partial charge in [-0.1, -0.05) is 30.3 Å². The van der Waals surface area contributed by atoms with Gasteiger partial charge in [0.25, 0.3) is 0 Å². The molecule has 104 valence electrons. The minimum Gasteiger partial charge on any atom is -0.490 e. The van der Waals surface area contributed by atoms with Crippen LogP contribution in [0.5, 0.6) is 11.5 Å². The molecule has 0 amide bonds. The Bertz CT molecular complexity index is 538. The summed E-state index contributed by atoms with van der Waals surface area (Å²) in [6, 6.07) is 16.0. The summed E-state index contributed by atoms with van der Waals surface area (Å²) in [6.07, 6.45) is 1.67. The van der Waals surface area contributed by atoms with Crippen molar-refractivity contribution in [3.63, 3.8) is 0 Å². The van der Waals surface area contributed by atoms with Crippen LogP contribution in [0.2, 0.25) is 0 Å². The molecule has 0 saturated carbocycles. The molecule has 2 aromatic rings. The summed E-state index contributed by atoms with van der Waals surface area (Å²) >= 11 is 0.